The summed E-state index contributed by atoms with van der Waals surface area (Å²) < 4.78 is 5.59. The van der Waals surface area contributed by atoms with Gasteiger partial charge in [-0.15, -0.1) is 0 Å². The first-order valence-electron chi connectivity index (χ1n) is 12.8. The second-order valence-corrected chi connectivity index (χ2v) is 9.70. The maximum Gasteiger partial charge on any atom is 0.258 e. The third kappa shape index (κ3) is 5.79. The van der Waals surface area contributed by atoms with Crippen molar-refractivity contribution >= 4 is 33.9 Å². The molecule has 2 heterocycles. The topological polar surface area (TPSA) is 87.3 Å². The molecule has 0 saturated carbocycles. The summed E-state index contributed by atoms with van der Waals surface area (Å²) in [6.07, 6.45) is 3.89. The Bertz CT molecular complexity index is 1530. The number of phenols is 1. The van der Waals surface area contributed by atoms with Crippen molar-refractivity contribution in [2.75, 3.05) is 18.4 Å². The van der Waals surface area contributed by atoms with Crippen molar-refractivity contribution in [1.82, 2.24) is 20.0 Å². The standard InChI is InChI=1S/C30H30ClN5O2/c1-3-15-36(16-4-2)19-22-17-21(7-12-28(22)37)29-34-30(38-35-29)20-5-9-24(10-6-20)33-26-13-14-32-27-18-23(31)8-11-25(26)27/h5-14,17-18,37H,3-4,15-16,19H2,1-2H3,(H,32,33). The lowest BCUT2D eigenvalue weighted by Gasteiger charge is -2.21. The van der Waals surface area contributed by atoms with Gasteiger partial charge in [0.15, 0.2) is 0 Å². The molecule has 5 rings (SSSR count). The van der Waals surface area contributed by atoms with E-state index in [4.69, 9.17) is 16.1 Å². The summed E-state index contributed by atoms with van der Waals surface area (Å²) in [5.74, 6) is 1.20. The third-order valence-corrected chi connectivity index (χ3v) is 6.59. The van der Waals surface area contributed by atoms with Gasteiger partial charge in [-0.3, -0.25) is 9.88 Å². The molecule has 2 aromatic heterocycles. The molecule has 0 amide bonds. The zero-order chi connectivity index (χ0) is 26.5. The SMILES string of the molecule is CCCN(CCC)Cc1cc(-c2noc(-c3ccc(Nc4ccnc5cc(Cl)ccc45)cc3)n2)ccc1O. The molecule has 0 saturated heterocycles. The predicted molar refractivity (Wildman–Crippen MR) is 153 cm³/mol. The van der Waals surface area contributed by atoms with E-state index in [9.17, 15) is 5.11 Å². The molecule has 194 valence electrons. The van der Waals surface area contributed by atoms with Crippen molar-refractivity contribution in [3.05, 3.63) is 83.5 Å². The van der Waals surface area contributed by atoms with E-state index in [1.54, 1.807) is 12.3 Å². The van der Waals surface area contributed by atoms with Gasteiger partial charge in [0.05, 0.1) is 5.52 Å². The summed E-state index contributed by atoms with van der Waals surface area (Å²) in [4.78, 5) is 11.4. The van der Waals surface area contributed by atoms with E-state index in [-0.39, 0.29) is 5.75 Å². The van der Waals surface area contributed by atoms with Crippen LogP contribution in [0, 0.1) is 0 Å². The average Bonchev–Trinajstić information content (AvgIpc) is 3.41. The Morgan fingerprint density at radius 1 is 0.921 bits per heavy atom. The van der Waals surface area contributed by atoms with Crippen LogP contribution in [0.15, 0.2) is 77.4 Å². The summed E-state index contributed by atoms with van der Waals surface area (Å²) in [6.45, 7) is 6.99. The van der Waals surface area contributed by atoms with E-state index in [1.165, 1.54) is 0 Å². The minimum absolute atomic E-state index is 0.280. The van der Waals surface area contributed by atoms with Crippen LogP contribution in [0.25, 0.3) is 33.7 Å². The van der Waals surface area contributed by atoms with Crippen LogP contribution < -0.4 is 5.32 Å². The first-order valence-corrected chi connectivity index (χ1v) is 13.2. The van der Waals surface area contributed by atoms with Crippen LogP contribution >= 0.6 is 11.6 Å². The number of anilines is 2. The molecule has 7 nitrogen and oxygen atoms in total. The van der Waals surface area contributed by atoms with Gasteiger partial charge >= 0.3 is 0 Å². The fraction of sp³-hybridized carbons (Fsp3) is 0.233. The second kappa shape index (κ2) is 11.6. The second-order valence-electron chi connectivity index (χ2n) is 9.27. The Labute approximate surface area is 227 Å². The molecule has 0 aliphatic rings. The highest BCUT2D eigenvalue weighted by Crippen LogP contribution is 2.30. The number of phenolic OH excluding ortho intramolecular Hbond substituents is 1. The van der Waals surface area contributed by atoms with E-state index < -0.39 is 0 Å². The lowest BCUT2D eigenvalue weighted by molar-refractivity contribution is 0.263. The fourth-order valence-corrected chi connectivity index (χ4v) is 4.70. The molecule has 0 unspecified atom stereocenters. The molecule has 0 spiro atoms. The van der Waals surface area contributed by atoms with Gasteiger partial charge in [0.25, 0.3) is 5.89 Å². The predicted octanol–water partition coefficient (Wildman–Crippen LogP) is 7.68. The maximum absolute atomic E-state index is 10.4. The van der Waals surface area contributed by atoms with E-state index in [1.807, 2.05) is 60.7 Å². The number of pyridine rings is 1. The minimum Gasteiger partial charge on any atom is -0.508 e. The molecule has 0 atom stereocenters. The summed E-state index contributed by atoms with van der Waals surface area (Å²) in [5, 5.41) is 19.7. The van der Waals surface area contributed by atoms with Crippen LogP contribution in [-0.4, -0.2) is 38.2 Å². The van der Waals surface area contributed by atoms with Gasteiger partial charge in [-0.1, -0.05) is 30.6 Å². The third-order valence-electron chi connectivity index (χ3n) is 6.35. The first-order chi connectivity index (χ1) is 18.5. The van der Waals surface area contributed by atoms with Gasteiger partial charge < -0.3 is 14.9 Å². The number of aromatic nitrogens is 3. The monoisotopic (exact) mass is 527 g/mol. The first kappa shape index (κ1) is 25.7. The maximum atomic E-state index is 10.4. The van der Waals surface area contributed by atoms with Crippen molar-refractivity contribution in [2.45, 2.75) is 33.2 Å². The van der Waals surface area contributed by atoms with Crippen LogP contribution in [0.4, 0.5) is 11.4 Å². The molecule has 38 heavy (non-hydrogen) atoms. The summed E-state index contributed by atoms with van der Waals surface area (Å²) >= 11 is 6.11. The Morgan fingerprint density at radius 2 is 1.68 bits per heavy atom. The number of fused-ring (bicyclic) bond motifs is 1. The molecule has 5 aromatic rings. The smallest absolute Gasteiger partial charge is 0.258 e. The van der Waals surface area contributed by atoms with Crippen LogP contribution in [0.3, 0.4) is 0 Å². The fourth-order valence-electron chi connectivity index (χ4n) is 4.53. The van der Waals surface area contributed by atoms with Crippen LogP contribution in [0.1, 0.15) is 32.3 Å². The molecule has 0 aliphatic carbocycles. The van der Waals surface area contributed by atoms with Gasteiger partial charge in [-0.05, 0) is 92.7 Å². The average molecular weight is 528 g/mol. The quantitative estimate of drug-likeness (QED) is 0.192. The Morgan fingerprint density at radius 3 is 2.45 bits per heavy atom. The molecule has 0 radical (unpaired) electrons. The van der Waals surface area contributed by atoms with Gasteiger partial charge in [0.2, 0.25) is 5.82 Å². The number of nitrogens with zero attached hydrogens (tertiary/aromatic N) is 4. The molecule has 0 fully saturated rings. The number of hydrogen-bond donors (Lipinski definition) is 2. The van der Waals surface area contributed by atoms with E-state index >= 15 is 0 Å². The largest absolute Gasteiger partial charge is 0.508 e. The molecule has 2 N–H and O–H groups in total. The zero-order valence-corrected chi connectivity index (χ0v) is 22.2. The molecule has 3 aromatic carbocycles. The van der Waals surface area contributed by atoms with Gasteiger partial charge in [0, 0.05) is 51.2 Å². The highest BCUT2D eigenvalue weighted by Gasteiger charge is 2.14. The van der Waals surface area contributed by atoms with Gasteiger partial charge in [-0.2, -0.15) is 4.98 Å². The van der Waals surface area contributed by atoms with E-state index in [0.717, 1.165) is 64.9 Å². The number of benzene rings is 3. The molecule has 8 heteroatoms. The number of hydrogen-bond acceptors (Lipinski definition) is 7. The summed E-state index contributed by atoms with van der Waals surface area (Å²) in [6, 6.07) is 20.9. The number of aromatic hydroxyl groups is 1. The minimum atomic E-state index is 0.280. The Hall–Kier alpha value is -3.94. The van der Waals surface area contributed by atoms with Crippen molar-refractivity contribution in [3.63, 3.8) is 0 Å². The Kier molecular flexibility index (Phi) is 7.86. The van der Waals surface area contributed by atoms with Crippen molar-refractivity contribution in [3.8, 4) is 28.6 Å². The highest BCUT2D eigenvalue weighted by molar-refractivity contribution is 6.31. The zero-order valence-electron chi connectivity index (χ0n) is 21.5. The van der Waals surface area contributed by atoms with Crippen LogP contribution in [0.5, 0.6) is 5.75 Å². The molecular weight excluding hydrogens is 498 g/mol. The van der Waals surface area contributed by atoms with Crippen molar-refractivity contribution in [1.29, 1.82) is 0 Å². The van der Waals surface area contributed by atoms with Crippen LogP contribution in [-0.2, 0) is 6.54 Å². The van der Waals surface area contributed by atoms with E-state index in [2.05, 4.69) is 39.2 Å². The highest BCUT2D eigenvalue weighted by atomic mass is 35.5. The van der Waals surface area contributed by atoms with Gasteiger partial charge in [0.1, 0.15) is 5.75 Å². The van der Waals surface area contributed by atoms with Crippen LogP contribution in [0.2, 0.25) is 5.02 Å². The normalized spacial score (nSPS) is 11.4. The van der Waals surface area contributed by atoms with Gasteiger partial charge in [-0.25, -0.2) is 0 Å². The number of rotatable bonds is 10. The van der Waals surface area contributed by atoms with E-state index in [0.29, 0.717) is 23.3 Å². The number of halogens is 1. The molecule has 0 bridgehead atoms. The molecular formula is C30H30ClN5O2. The van der Waals surface area contributed by atoms with Crippen molar-refractivity contribution < 1.29 is 9.63 Å². The molecule has 0 aliphatic heterocycles. The Balaban J connectivity index is 1.33. The lowest BCUT2D eigenvalue weighted by Crippen LogP contribution is -2.24. The summed E-state index contributed by atoms with van der Waals surface area (Å²) in [7, 11) is 0. The summed E-state index contributed by atoms with van der Waals surface area (Å²) in [5.41, 5.74) is 5.18. The lowest BCUT2D eigenvalue weighted by atomic mass is 10.1. The van der Waals surface area contributed by atoms with Crippen molar-refractivity contribution in [2.24, 2.45) is 0 Å². The number of nitrogens with one attached hydrogen (secondary N) is 1.